The number of carbonyl (C=O) groups is 2. The molecule has 2 atom stereocenters. The van der Waals surface area contributed by atoms with Crippen LogP contribution in [-0.2, 0) is 11.3 Å². The van der Waals surface area contributed by atoms with Crippen LogP contribution in [0.25, 0.3) is 11.1 Å². The van der Waals surface area contributed by atoms with Gasteiger partial charge in [-0.25, -0.2) is 4.79 Å². The molecule has 35 heavy (non-hydrogen) atoms. The van der Waals surface area contributed by atoms with Gasteiger partial charge in [-0.05, 0) is 48.2 Å². The van der Waals surface area contributed by atoms with Crippen LogP contribution in [0.15, 0.2) is 65.5 Å². The van der Waals surface area contributed by atoms with Crippen molar-refractivity contribution in [2.45, 2.75) is 25.8 Å². The van der Waals surface area contributed by atoms with E-state index in [0.717, 1.165) is 28.9 Å². The molecule has 2 bridgehead atoms. The van der Waals surface area contributed by atoms with Gasteiger partial charge in [0.15, 0.2) is 0 Å². The Morgan fingerprint density at radius 2 is 1.71 bits per heavy atom. The van der Waals surface area contributed by atoms with E-state index in [-0.39, 0.29) is 29.3 Å². The molecule has 3 heterocycles. The van der Waals surface area contributed by atoms with Gasteiger partial charge in [0.05, 0.1) is 12.8 Å². The fourth-order valence-electron chi connectivity index (χ4n) is 5.30. The zero-order valence-corrected chi connectivity index (χ0v) is 19.8. The molecule has 3 aromatic rings. The topological polar surface area (TPSA) is 92.7 Å². The van der Waals surface area contributed by atoms with Crippen LogP contribution in [0.3, 0.4) is 0 Å². The number of rotatable bonds is 4. The Hall–Kier alpha value is -4.07. The summed E-state index contributed by atoms with van der Waals surface area (Å²) in [5, 5.41) is 5.76. The molecule has 8 heteroatoms. The number of nitrogens with zero attached hydrogens (tertiary/aromatic N) is 2. The number of methoxy groups -OCH3 is 1. The van der Waals surface area contributed by atoms with E-state index in [1.54, 1.807) is 13.2 Å². The van der Waals surface area contributed by atoms with Crippen molar-refractivity contribution in [3.8, 4) is 16.9 Å². The first-order valence-electron chi connectivity index (χ1n) is 11.7. The van der Waals surface area contributed by atoms with Crippen molar-refractivity contribution in [2.75, 3.05) is 30.8 Å². The number of nitrogens with one attached hydrogen (secondary N) is 2. The van der Waals surface area contributed by atoms with Gasteiger partial charge in [-0.15, -0.1) is 0 Å². The van der Waals surface area contributed by atoms with Gasteiger partial charge >= 0.3 is 6.03 Å². The lowest BCUT2D eigenvalue weighted by atomic mass is 9.80. The minimum Gasteiger partial charge on any atom is -0.495 e. The molecule has 180 valence electrons. The van der Waals surface area contributed by atoms with Crippen molar-refractivity contribution in [3.05, 3.63) is 76.7 Å². The van der Waals surface area contributed by atoms with Gasteiger partial charge < -0.3 is 24.8 Å². The minimum atomic E-state index is -0.169. The Bertz CT molecular complexity index is 1330. The highest BCUT2D eigenvalue weighted by atomic mass is 16.5. The van der Waals surface area contributed by atoms with E-state index in [0.29, 0.717) is 31.1 Å². The molecule has 2 aliphatic heterocycles. The number of likely N-dealkylation sites (tertiary alicyclic amines) is 1. The molecule has 0 saturated carbocycles. The van der Waals surface area contributed by atoms with E-state index in [2.05, 4.69) is 10.6 Å². The maximum atomic E-state index is 13.2. The molecule has 2 aromatic carbocycles. The van der Waals surface area contributed by atoms with Crippen LogP contribution in [0.4, 0.5) is 16.2 Å². The molecule has 1 saturated heterocycles. The first-order valence-corrected chi connectivity index (χ1v) is 11.7. The van der Waals surface area contributed by atoms with Crippen LogP contribution in [0.1, 0.15) is 25.0 Å². The fourth-order valence-corrected chi connectivity index (χ4v) is 5.30. The predicted molar refractivity (Wildman–Crippen MR) is 135 cm³/mol. The monoisotopic (exact) mass is 472 g/mol. The van der Waals surface area contributed by atoms with E-state index >= 15 is 0 Å². The van der Waals surface area contributed by atoms with Crippen molar-refractivity contribution in [1.82, 2.24) is 9.47 Å². The average Bonchev–Trinajstić information content (AvgIpc) is 2.85. The Labute approximate surface area is 203 Å². The molecule has 3 amide bonds. The number of aromatic nitrogens is 1. The Kier molecular flexibility index (Phi) is 6.03. The number of pyridine rings is 1. The van der Waals surface area contributed by atoms with Crippen LogP contribution in [-0.4, -0.2) is 41.6 Å². The largest absolute Gasteiger partial charge is 0.495 e. The first kappa shape index (κ1) is 22.7. The van der Waals surface area contributed by atoms with Crippen LogP contribution < -0.4 is 20.9 Å². The minimum absolute atomic E-state index is 0.0137. The van der Waals surface area contributed by atoms with Gasteiger partial charge in [-0.2, -0.15) is 0 Å². The Morgan fingerprint density at radius 3 is 2.46 bits per heavy atom. The van der Waals surface area contributed by atoms with Crippen LogP contribution in [0.2, 0.25) is 0 Å². The number of hydrogen-bond acceptors (Lipinski definition) is 4. The maximum absolute atomic E-state index is 13.2. The number of hydrogen-bond donors (Lipinski definition) is 2. The summed E-state index contributed by atoms with van der Waals surface area (Å²) in [4.78, 5) is 39.2. The Morgan fingerprint density at radius 1 is 0.943 bits per heavy atom. The third-order valence-corrected chi connectivity index (χ3v) is 6.74. The molecule has 5 rings (SSSR count). The van der Waals surface area contributed by atoms with Gasteiger partial charge in [0.1, 0.15) is 5.75 Å². The molecular formula is C27H28N4O4. The summed E-state index contributed by atoms with van der Waals surface area (Å²) in [5.74, 6) is 0.741. The fraction of sp³-hybridized carbons (Fsp3) is 0.296. The van der Waals surface area contributed by atoms with Crippen molar-refractivity contribution in [2.24, 2.45) is 5.92 Å². The van der Waals surface area contributed by atoms with E-state index in [9.17, 15) is 14.4 Å². The van der Waals surface area contributed by atoms with Crippen molar-refractivity contribution in [1.29, 1.82) is 0 Å². The summed E-state index contributed by atoms with van der Waals surface area (Å²) in [6, 6.07) is 18.3. The third kappa shape index (κ3) is 4.51. The van der Waals surface area contributed by atoms with Gasteiger partial charge in [-0.1, -0.05) is 24.3 Å². The van der Waals surface area contributed by atoms with Crippen LogP contribution >= 0.6 is 0 Å². The number of carbonyl (C=O) groups excluding carboxylic acids is 2. The highest BCUT2D eigenvalue weighted by Crippen LogP contribution is 2.40. The molecular weight excluding hydrogens is 444 g/mol. The van der Waals surface area contributed by atoms with E-state index in [1.165, 1.54) is 6.92 Å². The quantitative estimate of drug-likeness (QED) is 0.597. The summed E-state index contributed by atoms with van der Waals surface area (Å²) < 4.78 is 7.25. The molecule has 8 nitrogen and oxygen atoms in total. The summed E-state index contributed by atoms with van der Waals surface area (Å²) in [5.41, 5.74) is 4.26. The van der Waals surface area contributed by atoms with Crippen LogP contribution in [0.5, 0.6) is 5.75 Å². The van der Waals surface area contributed by atoms with Gasteiger partial charge in [-0.3, -0.25) is 9.59 Å². The lowest BCUT2D eigenvalue weighted by molar-refractivity contribution is -0.114. The molecule has 0 unspecified atom stereocenters. The number of amides is 3. The molecule has 1 aromatic heterocycles. The highest BCUT2D eigenvalue weighted by Gasteiger charge is 2.38. The smallest absolute Gasteiger partial charge is 0.321 e. The van der Waals surface area contributed by atoms with E-state index in [4.69, 9.17) is 4.74 Å². The van der Waals surface area contributed by atoms with E-state index < -0.39 is 0 Å². The highest BCUT2D eigenvalue weighted by molar-refractivity contribution is 5.91. The number of urea groups is 1. The van der Waals surface area contributed by atoms with Gasteiger partial charge in [0, 0.05) is 55.5 Å². The lowest BCUT2D eigenvalue weighted by Gasteiger charge is -2.43. The number of benzene rings is 2. The number of fused-ring (bicyclic) bond motifs is 4. The van der Waals surface area contributed by atoms with Crippen molar-refractivity contribution in [3.63, 3.8) is 0 Å². The number of ether oxygens (including phenoxy) is 1. The standard InChI is InChI=1S/C27H28N4O4/c1-17(32)28-21-9-7-19(8-10-21)22-11-12-25(33)31-15-18-13-20(26(22)31)16-30(14-18)27(34)29-23-5-3-4-6-24(23)35-2/h3-12,18,20H,13-16H2,1-2H3,(H,28,32)(H,29,34)/t18-,20-/m0/s1. The van der Waals surface area contributed by atoms with Gasteiger partial charge in [0.2, 0.25) is 5.91 Å². The first-order chi connectivity index (χ1) is 16.9. The number of anilines is 2. The van der Waals surface area contributed by atoms with E-state index in [1.807, 2.05) is 64.1 Å². The SMILES string of the molecule is COc1ccccc1NC(=O)N1C[C@@H]2C[C@@H](C1)c1c(-c3ccc(NC(C)=O)cc3)ccc(=O)n1C2. The summed E-state index contributed by atoms with van der Waals surface area (Å²) >= 11 is 0. The molecule has 0 radical (unpaired) electrons. The molecule has 2 aliphatic rings. The Balaban J connectivity index is 1.43. The molecule has 1 fully saturated rings. The van der Waals surface area contributed by atoms with Gasteiger partial charge in [0.25, 0.3) is 5.56 Å². The molecule has 0 aliphatic carbocycles. The summed E-state index contributed by atoms with van der Waals surface area (Å²) in [7, 11) is 1.58. The maximum Gasteiger partial charge on any atom is 0.321 e. The van der Waals surface area contributed by atoms with Crippen molar-refractivity contribution >= 4 is 23.3 Å². The molecule has 0 spiro atoms. The van der Waals surface area contributed by atoms with Crippen LogP contribution in [0, 0.1) is 5.92 Å². The normalized spacial score (nSPS) is 18.4. The summed E-state index contributed by atoms with van der Waals surface area (Å²) in [6.07, 6.45) is 0.929. The molecule has 2 N–H and O–H groups in total. The van der Waals surface area contributed by atoms with Crippen molar-refractivity contribution < 1.29 is 14.3 Å². The average molecular weight is 473 g/mol. The zero-order chi connectivity index (χ0) is 24.5. The number of para-hydroxylation sites is 2. The zero-order valence-electron chi connectivity index (χ0n) is 19.8. The third-order valence-electron chi connectivity index (χ3n) is 6.74. The summed E-state index contributed by atoms with van der Waals surface area (Å²) in [6.45, 7) is 3.18. The number of piperidine rings is 1. The lowest BCUT2D eigenvalue weighted by Crippen LogP contribution is -2.50. The predicted octanol–water partition coefficient (Wildman–Crippen LogP) is 4.13. The second kappa shape index (κ2) is 9.29. The second-order valence-corrected chi connectivity index (χ2v) is 9.17. The second-order valence-electron chi connectivity index (χ2n) is 9.17.